The molecule has 1 aromatic carbocycles. The predicted octanol–water partition coefficient (Wildman–Crippen LogP) is 1.56. The Kier molecular flexibility index (Phi) is 5.22. The van der Waals surface area contributed by atoms with Crippen molar-refractivity contribution >= 4 is 0 Å². The summed E-state index contributed by atoms with van der Waals surface area (Å²) in [5.74, 6) is 1.56. The Morgan fingerprint density at radius 3 is 2.35 bits per heavy atom. The molecule has 2 rings (SSSR count). The van der Waals surface area contributed by atoms with E-state index >= 15 is 0 Å². The minimum Gasteiger partial charge on any atom is -0.496 e. The van der Waals surface area contributed by atoms with E-state index in [9.17, 15) is 5.26 Å². The molecular formula is C15H21N3O2. The van der Waals surface area contributed by atoms with Crippen molar-refractivity contribution in [3.8, 4) is 17.6 Å². The van der Waals surface area contributed by atoms with E-state index in [0.29, 0.717) is 6.42 Å². The summed E-state index contributed by atoms with van der Waals surface area (Å²) in [7, 11) is 3.30. The van der Waals surface area contributed by atoms with Crippen LogP contribution < -0.4 is 14.8 Å². The second-order valence-electron chi connectivity index (χ2n) is 4.74. The number of benzene rings is 1. The number of hydrogen-bond donors (Lipinski definition) is 1. The van der Waals surface area contributed by atoms with Crippen LogP contribution in [0.1, 0.15) is 18.0 Å². The average molecular weight is 275 g/mol. The highest BCUT2D eigenvalue weighted by Crippen LogP contribution is 2.38. The van der Waals surface area contributed by atoms with E-state index in [1.807, 2.05) is 18.2 Å². The molecule has 0 saturated carbocycles. The van der Waals surface area contributed by atoms with Crippen molar-refractivity contribution < 1.29 is 9.47 Å². The number of methoxy groups -OCH3 is 2. The molecule has 0 unspecified atom stereocenters. The Hall–Kier alpha value is -1.77. The van der Waals surface area contributed by atoms with Gasteiger partial charge in [0.1, 0.15) is 11.5 Å². The molecule has 0 aliphatic carbocycles. The molecule has 108 valence electrons. The highest BCUT2D eigenvalue weighted by molar-refractivity contribution is 5.47. The summed E-state index contributed by atoms with van der Waals surface area (Å²) >= 11 is 0. The summed E-state index contributed by atoms with van der Waals surface area (Å²) in [6.45, 7) is 3.74. The summed E-state index contributed by atoms with van der Waals surface area (Å²) in [6.07, 6.45) is 0.427. The van der Waals surface area contributed by atoms with Gasteiger partial charge >= 0.3 is 0 Å². The van der Waals surface area contributed by atoms with Crippen LogP contribution in [0, 0.1) is 11.3 Å². The molecule has 1 aliphatic rings. The van der Waals surface area contributed by atoms with Gasteiger partial charge in [0.2, 0.25) is 0 Å². The molecule has 20 heavy (non-hydrogen) atoms. The van der Waals surface area contributed by atoms with Crippen LogP contribution >= 0.6 is 0 Å². The molecule has 0 spiro atoms. The molecule has 1 aromatic rings. The van der Waals surface area contributed by atoms with Gasteiger partial charge in [-0.25, -0.2) is 0 Å². The molecule has 0 radical (unpaired) electrons. The molecule has 1 aliphatic heterocycles. The van der Waals surface area contributed by atoms with E-state index in [0.717, 1.165) is 43.2 Å². The zero-order chi connectivity index (χ0) is 14.4. The Morgan fingerprint density at radius 1 is 1.25 bits per heavy atom. The molecule has 1 N–H and O–H groups in total. The van der Waals surface area contributed by atoms with Crippen molar-refractivity contribution in [3.63, 3.8) is 0 Å². The average Bonchev–Trinajstić information content (AvgIpc) is 2.52. The maximum atomic E-state index is 9.18. The zero-order valence-corrected chi connectivity index (χ0v) is 12.1. The summed E-state index contributed by atoms with van der Waals surface area (Å²) in [6, 6.07) is 8.05. The molecule has 0 bridgehead atoms. The van der Waals surface area contributed by atoms with Gasteiger partial charge in [0, 0.05) is 26.2 Å². The number of piperazine rings is 1. The second-order valence-corrected chi connectivity index (χ2v) is 4.74. The van der Waals surface area contributed by atoms with Gasteiger partial charge in [-0.1, -0.05) is 6.07 Å². The number of rotatable bonds is 5. The van der Waals surface area contributed by atoms with Crippen molar-refractivity contribution in [1.29, 1.82) is 5.26 Å². The van der Waals surface area contributed by atoms with Crippen LogP contribution in [0.25, 0.3) is 0 Å². The SMILES string of the molecule is COc1cccc(OC)c1[C@@H](CC#N)N1CCNCC1. The first kappa shape index (κ1) is 14.6. The lowest BCUT2D eigenvalue weighted by molar-refractivity contribution is 0.169. The van der Waals surface area contributed by atoms with Crippen molar-refractivity contribution in [2.24, 2.45) is 0 Å². The van der Waals surface area contributed by atoms with Crippen LogP contribution in [-0.2, 0) is 0 Å². The normalized spacial score (nSPS) is 17.2. The first-order valence-corrected chi connectivity index (χ1v) is 6.84. The molecule has 0 aromatic heterocycles. The van der Waals surface area contributed by atoms with Crippen molar-refractivity contribution in [3.05, 3.63) is 23.8 Å². The summed E-state index contributed by atoms with van der Waals surface area (Å²) < 4.78 is 10.9. The monoisotopic (exact) mass is 275 g/mol. The van der Waals surface area contributed by atoms with E-state index in [-0.39, 0.29) is 6.04 Å². The minimum absolute atomic E-state index is 0.00759. The van der Waals surface area contributed by atoms with Crippen LogP contribution in [0.4, 0.5) is 0 Å². The van der Waals surface area contributed by atoms with E-state index in [1.165, 1.54) is 0 Å². The van der Waals surface area contributed by atoms with Crippen LogP contribution in [0.3, 0.4) is 0 Å². The number of ether oxygens (including phenoxy) is 2. The number of nitriles is 1. The fourth-order valence-corrected chi connectivity index (χ4v) is 2.70. The van der Waals surface area contributed by atoms with E-state index in [1.54, 1.807) is 14.2 Å². The fraction of sp³-hybridized carbons (Fsp3) is 0.533. The minimum atomic E-state index is 0.00759. The van der Waals surface area contributed by atoms with E-state index in [4.69, 9.17) is 9.47 Å². The van der Waals surface area contributed by atoms with Gasteiger partial charge in [-0.05, 0) is 12.1 Å². The quantitative estimate of drug-likeness (QED) is 0.884. The third kappa shape index (κ3) is 3.03. The van der Waals surface area contributed by atoms with Gasteiger partial charge in [-0.15, -0.1) is 0 Å². The number of hydrogen-bond acceptors (Lipinski definition) is 5. The first-order chi connectivity index (χ1) is 9.81. The van der Waals surface area contributed by atoms with Gasteiger partial charge in [-0.3, -0.25) is 4.90 Å². The van der Waals surface area contributed by atoms with Crippen molar-refractivity contribution in [2.45, 2.75) is 12.5 Å². The standard InChI is InChI=1S/C15H21N3O2/c1-19-13-4-3-5-14(20-2)15(13)12(6-7-16)18-10-8-17-9-11-18/h3-5,12,17H,6,8-11H2,1-2H3/t12-/m1/s1. The molecule has 5 nitrogen and oxygen atoms in total. The third-order valence-corrected chi connectivity index (χ3v) is 3.68. The van der Waals surface area contributed by atoms with Gasteiger partial charge in [0.15, 0.2) is 0 Å². The molecule has 1 saturated heterocycles. The highest BCUT2D eigenvalue weighted by Gasteiger charge is 2.27. The molecule has 5 heteroatoms. The van der Waals surface area contributed by atoms with Gasteiger partial charge in [0.25, 0.3) is 0 Å². The van der Waals surface area contributed by atoms with Gasteiger partial charge in [0.05, 0.1) is 38.3 Å². The van der Waals surface area contributed by atoms with Crippen molar-refractivity contribution in [1.82, 2.24) is 10.2 Å². The Balaban J connectivity index is 2.39. The van der Waals surface area contributed by atoms with Crippen LogP contribution in [0.5, 0.6) is 11.5 Å². The van der Waals surface area contributed by atoms with Crippen molar-refractivity contribution in [2.75, 3.05) is 40.4 Å². The zero-order valence-electron chi connectivity index (χ0n) is 12.1. The lowest BCUT2D eigenvalue weighted by Gasteiger charge is -2.35. The van der Waals surface area contributed by atoms with Crippen LogP contribution in [-0.4, -0.2) is 45.3 Å². The highest BCUT2D eigenvalue weighted by atomic mass is 16.5. The van der Waals surface area contributed by atoms with Gasteiger partial charge in [-0.2, -0.15) is 5.26 Å². The number of nitrogens with zero attached hydrogens (tertiary/aromatic N) is 2. The predicted molar refractivity (Wildman–Crippen MR) is 77.0 cm³/mol. The lowest BCUT2D eigenvalue weighted by atomic mass is 9.99. The number of nitrogens with one attached hydrogen (secondary N) is 1. The topological polar surface area (TPSA) is 57.5 Å². The summed E-state index contributed by atoms with van der Waals surface area (Å²) in [5.41, 5.74) is 0.973. The third-order valence-electron chi connectivity index (χ3n) is 3.68. The largest absolute Gasteiger partial charge is 0.496 e. The Bertz CT molecular complexity index is 456. The second kappa shape index (κ2) is 7.13. The van der Waals surface area contributed by atoms with Crippen LogP contribution in [0.15, 0.2) is 18.2 Å². The van der Waals surface area contributed by atoms with E-state index < -0.39 is 0 Å². The molecule has 0 amide bonds. The van der Waals surface area contributed by atoms with Gasteiger partial charge < -0.3 is 14.8 Å². The lowest BCUT2D eigenvalue weighted by Crippen LogP contribution is -2.45. The van der Waals surface area contributed by atoms with E-state index in [2.05, 4.69) is 16.3 Å². The molecule has 1 atom stereocenters. The maximum Gasteiger partial charge on any atom is 0.127 e. The summed E-state index contributed by atoms with van der Waals surface area (Å²) in [4.78, 5) is 2.32. The Morgan fingerprint density at radius 2 is 1.85 bits per heavy atom. The summed E-state index contributed by atoms with van der Waals surface area (Å²) in [5, 5.41) is 12.5. The fourth-order valence-electron chi connectivity index (χ4n) is 2.70. The molecule has 1 fully saturated rings. The maximum absolute atomic E-state index is 9.18. The first-order valence-electron chi connectivity index (χ1n) is 6.84. The smallest absolute Gasteiger partial charge is 0.127 e. The Labute approximate surface area is 120 Å². The molecule has 1 heterocycles. The van der Waals surface area contributed by atoms with Crippen LogP contribution in [0.2, 0.25) is 0 Å². The molecular weight excluding hydrogens is 254 g/mol.